The third-order valence-corrected chi connectivity index (χ3v) is 13.7. The third kappa shape index (κ3) is 6.00. The van der Waals surface area contributed by atoms with E-state index in [-0.39, 0.29) is 47.6 Å². The van der Waals surface area contributed by atoms with Crippen LogP contribution in [0, 0.1) is 28.1 Å². The molecule has 0 aromatic heterocycles. The first-order valence-corrected chi connectivity index (χ1v) is 20.2. The molecular formula is C44H45ClN6O6. The van der Waals surface area contributed by atoms with Gasteiger partial charge in [0, 0.05) is 79.9 Å². The maximum atomic E-state index is 13.9. The molecular weight excluding hydrogens is 744 g/mol. The van der Waals surface area contributed by atoms with Crippen LogP contribution in [0.25, 0.3) is 0 Å². The molecule has 0 spiro atoms. The second kappa shape index (κ2) is 13.4. The predicted molar refractivity (Wildman–Crippen MR) is 210 cm³/mol. The van der Waals surface area contributed by atoms with Crippen LogP contribution in [0.1, 0.15) is 107 Å². The second-order valence-corrected chi connectivity index (χ2v) is 18.2. The summed E-state index contributed by atoms with van der Waals surface area (Å²) in [7, 11) is 0. The average molecular weight is 789 g/mol. The van der Waals surface area contributed by atoms with E-state index >= 15 is 0 Å². The van der Waals surface area contributed by atoms with Crippen LogP contribution in [0.2, 0.25) is 5.02 Å². The Labute approximate surface area is 336 Å². The predicted octanol–water partition coefficient (Wildman–Crippen LogP) is 5.68. The van der Waals surface area contributed by atoms with E-state index in [2.05, 4.69) is 61.0 Å². The fourth-order valence-electron chi connectivity index (χ4n) is 11.1. The number of carbonyl (C=O) groups excluding carboxylic acids is 5. The first-order valence-electron chi connectivity index (χ1n) is 19.8. The molecule has 0 bridgehead atoms. The van der Waals surface area contributed by atoms with Gasteiger partial charge in [-0.15, -0.1) is 0 Å². The summed E-state index contributed by atoms with van der Waals surface area (Å²) >= 11 is 6.30. The number of anilines is 1. The molecule has 0 radical (unpaired) electrons. The summed E-state index contributed by atoms with van der Waals surface area (Å²) in [5.74, 6) is -0.768. The average Bonchev–Trinajstić information content (AvgIpc) is 3.79. The molecule has 3 aromatic carbocycles. The van der Waals surface area contributed by atoms with Crippen LogP contribution in [0.3, 0.4) is 0 Å². The lowest BCUT2D eigenvalue weighted by Gasteiger charge is -2.65. The zero-order valence-corrected chi connectivity index (χ0v) is 33.3. The van der Waals surface area contributed by atoms with E-state index in [9.17, 15) is 29.2 Å². The van der Waals surface area contributed by atoms with Crippen LogP contribution in [-0.4, -0.2) is 82.1 Å². The van der Waals surface area contributed by atoms with Crippen LogP contribution in [0.5, 0.6) is 5.75 Å². The van der Waals surface area contributed by atoms with Gasteiger partial charge in [-0.25, -0.2) is 0 Å². The molecule has 12 nitrogen and oxygen atoms in total. The number of nitriles is 1. The molecule has 3 fully saturated rings. The van der Waals surface area contributed by atoms with Gasteiger partial charge in [0.2, 0.25) is 11.8 Å². The Morgan fingerprint density at radius 2 is 1.47 bits per heavy atom. The Kier molecular flexibility index (Phi) is 8.79. The van der Waals surface area contributed by atoms with Crippen molar-refractivity contribution in [3.8, 4) is 11.8 Å². The van der Waals surface area contributed by atoms with Gasteiger partial charge in [-0.1, -0.05) is 39.3 Å². The molecule has 6 aliphatic rings. The zero-order chi connectivity index (χ0) is 40.1. The molecule has 294 valence electrons. The van der Waals surface area contributed by atoms with Gasteiger partial charge in [0.25, 0.3) is 17.7 Å². The number of hydrogen-bond acceptors (Lipinski definition) is 9. The summed E-state index contributed by atoms with van der Waals surface area (Å²) in [6.07, 6.45) is 2.12. The summed E-state index contributed by atoms with van der Waals surface area (Å²) in [6.45, 7) is 13.3. The fraction of sp³-hybridized carbons (Fsp3) is 0.455. The SMILES string of the molecule is CC1(C)C(Oc2ccc(C#N)c(Cl)c2)C(C)(C)C1N1Cc2cc(N3CCC(CN4Cc5cc6c(cc5C4)C(=O)N(C4CCC(=O)NC4=O)C6=O)CC3)ccc2C1=O. The van der Waals surface area contributed by atoms with E-state index in [1.807, 2.05) is 23.1 Å². The molecule has 1 N–H and O–H groups in total. The highest BCUT2D eigenvalue weighted by Crippen LogP contribution is 2.59. The summed E-state index contributed by atoms with van der Waals surface area (Å²) in [6, 6.07) is 16.1. The molecule has 9 rings (SSSR count). The van der Waals surface area contributed by atoms with Crippen LogP contribution in [0.4, 0.5) is 5.69 Å². The van der Waals surface area contributed by atoms with Crippen molar-refractivity contribution in [1.29, 1.82) is 5.26 Å². The Morgan fingerprint density at radius 3 is 2.09 bits per heavy atom. The van der Waals surface area contributed by atoms with Crippen molar-refractivity contribution in [3.05, 3.63) is 92.5 Å². The normalized spacial score (nSPS) is 25.2. The van der Waals surface area contributed by atoms with Crippen molar-refractivity contribution in [3.63, 3.8) is 0 Å². The number of piperidine rings is 2. The van der Waals surface area contributed by atoms with Gasteiger partial charge >= 0.3 is 0 Å². The van der Waals surface area contributed by atoms with Crippen molar-refractivity contribution >= 4 is 46.8 Å². The lowest BCUT2D eigenvalue weighted by atomic mass is 9.49. The molecule has 1 aliphatic carbocycles. The molecule has 5 aliphatic heterocycles. The molecule has 5 amide bonds. The molecule has 1 saturated carbocycles. The van der Waals surface area contributed by atoms with E-state index < -0.39 is 23.8 Å². The number of carbonyl (C=O) groups is 5. The number of hydrogen-bond donors (Lipinski definition) is 1. The third-order valence-electron chi connectivity index (χ3n) is 13.4. The van der Waals surface area contributed by atoms with Crippen molar-refractivity contribution in [2.24, 2.45) is 16.7 Å². The zero-order valence-electron chi connectivity index (χ0n) is 32.6. The van der Waals surface area contributed by atoms with Crippen molar-refractivity contribution < 1.29 is 28.7 Å². The fourth-order valence-corrected chi connectivity index (χ4v) is 11.3. The quantitative estimate of drug-likeness (QED) is 0.299. The Bertz CT molecular complexity index is 2260. The van der Waals surface area contributed by atoms with Crippen molar-refractivity contribution in [2.75, 3.05) is 24.5 Å². The first-order chi connectivity index (χ1) is 27.1. The lowest BCUT2D eigenvalue weighted by molar-refractivity contribution is -0.199. The van der Waals surface area contributed by atoms with Crippen LogP contribution in [0.15, 0.2) is 48.5 Å². The summed E-state index contributed by atoms with van der Waals surface area (Å²) < 4.78 is 6.49. The molecule has 2 saturated heterocycles. The number of halogens is 1. The molecule has 1 atom stereocenters. The van der Waals surface area contributed by atoms with E-state index in [1.165, 1.54) is 0 Å². The molecule has 1 unspecified atom stereocenters. The van der Waals surface area contributed by atoms with Gasteiger partial charge in [0.1, 0.15) is 24.0 Å². The number of amides is 5. The van der Waals surface area contributed by atoms with E-state index in [4.69, 9.17) is 16.3 Å². The summed E-state index contributed by atoms with van der Waals surface area (Å²) in [5, 5.41) is 11.9. The molecule has 3 aromatic rings. The van der Waals surface area contributed by atoms with Gasteiger partial charge in [0.15, 0.2) is 0 Å². The largest absolute Gasteiger partial charge is 0.489 e. The number of rotatable bonds is 7. The van der Waals surface area contributed by atoms with E-state index in [0.29, 0.717) is 53.0 Å². The minimum absolute atomic E-state index is 0.0470. The van der Waals surface area contributed by atoms with Gasteiger partial charge < -0.3 is 14.5 Å². The first kappa shape index (κ1) is 37.3. The minimum Gasteiger partial charge on any atom is -0.489 e. The topological polar surface area (TPSA) is 143 Å². The molecule has 5 heterocycles. The number of nitrogens with one attached hydrogen (secondary N) is 1. The Morgan fingerprint density at radius 1 is 0.807 bits per heavy atom. The van der Waals surface area contributed by atoms with Gasteiger partial charge in [-0.05, 0) is 84.3 Å². The van der Waals surface area contributed by atoms with Gasteiger partial charge in [-0.2, -0.15) is 5.26 Å². The monoisotopic (exact) mass is 788 g/mol. The van der Waals surface area contributed by atoms with Crippen LogP contribution < -0.4 is 15.0 Å². The Balaban J connectivity index is 0.802. The van der Waals surface area contributed by atoms with Crippen molar-refractivity contribution in [2.45, 2.75) is 91.2 Å². The van der Waals surface area contributed by atoms with Gasteiger partial charge in [0.05, 0.1) is 21.7 Å². The highest BCUT2D eigenvalue weighted by Gasteiger charge is 2.67. The number of fused-ring (bicyclic) bond motifs is 3. The highest BCUT2D eigenvalue weighted by atomic mass is 35.5. The summed E-state index contributed by atoms with van der Waals surface area (Å²) in [5.41, 5.74) is 5.41. The Hall–Kier alpha value is -5.25. The minimum atomic E-state index is -0.967. The molecule has 57 heavy (non-hydrogen) atoms. The number of imide groups is 2. The lowest BCUT2D eigenvalue weighted by Crippen LogP contribution is -2.74. The van der Waals surface area contributed by atoms with Crippen LogP contribution >= 0.6 is 11.6 Å². The molecule has 13 heteroatoms. The van der Waals surface area contributed by atoms with E-state index in [1.54, 1.807) is 18.2 Å². The highest BCUT2D eigenvalue weighted by molar-refractivity contribution is 6.31. The van der Waals surface area contributed by atoms with Crippen LogP contribution in [-0.2, 0) is 29.2 Å². The maximum Gasteiger partial charge on any atom is 0.262 e. The number of benzene rings is 3. The second-order valence-electron chi connectivity index (χ2n) is 17.8. The van der Waals surface area contributed by atoms with E-state index in [0.717, 1.165) is 65.3 Å². The standard InChI is InChI=1S/C44H45ClN6O6/c1-43(2)41(44(3,4)42(43)57-30-7-5-25(19-46)34(45)18-30)50-23-28-15-29(6-8-31(28)38(50)54)49-13-11-24(12-14-49)20-48-21-26-16-32-33(17-27(26)22-48)40(56)51(39(32)55)35-9-10-36(52)47-37(35)53/h5-8,15-18,24,35,41-42H,9-14,20-23H2,1-4H3,(H,47,52,53). The smallest absolute Gasteiger partial charge is 0.262 e. The van der Waals surface area contributed by atoms with Gasteiger partial charge in [-0.3, -0.25) is 39.1 Å². The number of nitrogens with zero attached hydrogens (tertiary/aromatic N) is 5. The van der Waals surface area contributed by atoms with Crippen molar-refractivity contribution in [1.82, 2.24) is 20.0 Å². The maximum absolute atomic E-state index is 13.9. The summed E-state index contributed by atoms with van der Waals surface area (Å²) in [4.78, 5) is 72.6. The number of ether oxygens (including phenoxy) is 1.